The number of unbranched alkanes of at least 4 members (excludes halogenated alkanes) is 4. The number of para-hydroxylation sites is 1. The molecule has 0 spiro atoms. The third-order valence-corrected chi connectivity index (χ3v) is 8.96. The molecule has 0 unspecified atom stereocenters. The second-order valence-electron chi connectivity index (χ2n) is 13.0. The molecule has 0 saturated carbocycles. The van der Waals surface area contributed by atoms with Gasteiger partial charge in [0.15, 0.2) is 5.71 Å². The fraction of sp³-hybridized carbons (Fsp3) is 0.450. The lowest BCUT2D eigenvalue weighted by atomic mass is 9.81. The first-order valence-electron chi connectivity index (χ1n) is 17.5. The molecule has 1 aliphatic rings. The molecule has 0 atom stereocenters. The number of anilines is 3. The molecule has 6 nitrogen and oxygen atoms in total. The summed E-state index contributed by atoms with van der Waals surface area (Å²) in [7, 11) is 0. The lowest BCUT2D eigenvalue weighted by Crippen LogP contribution is -2.28. The third-order valence-electron chi connectivity index (χ3n) is 8.96. The number of nitrogens with zero attached hydrogens (tertiary/aromatic N) is 2. The van der Waals surface area contributed by atoms with Crippen LogP contribution in [0.4, 0.5) is 22.7 Å². The minimum atomic E-state index is -0.167. The van der Waals surface area contributed by atoms with Crippen molar-refractivity contribution in [1.82, 2.24) is 5.32 Å². The van der Waals surface area contributed by atoms with E-state index in [1.165, 1.54) is 53.9 Å². The Balaban J connectivity index is 1.55. The average Bonchev–Trinajstić information content (AvgIpc) is 3.28. The Morgan fingerprint density at radius 3 is 2.24 bits per heavy atom. The van der Waals surface area contributed by atoms with E-state index in [0.29, 0.717) is 19.5 Å². The van der Waals surface area contributed by atoms with Crippen molar-refractivity contribution in [2.75, 3.05) is 42.9 Å². The Morgan fingerprint density at radius 2 is 1.57 bits per heavy atom. The number of nitrogens with one attached hydrogen (secondary N) is 2. The number of carbonyl (C=O) groups excluding carboxylic acids is 1. The molecule has 246 valence electrons. The molecule has 3 aromatic rings. The van der Waals surface area contributed by atoms with Gasteiger partial charge in [0.2, 0.25) is 11.6 Å². The molecule has 0 aromatic heterocycles. The van der Waals surface area contributed by atoms with Gasteiger partial charge in [-0.1, -0.05) is 57.0 Å². The van der Waals surface area contributed by atoms with Gasteiger partial charge in [-0.2, -0.15) is 4.58 Å². The highest BCUT2D eigenvalue weighted by molar-refractivity contribution is 6.05. The van der Waals surface area contributed by atoms with Crippen molar-refractivity contribution in [3.05, 3.63) is 90.0 Å². The Bertz CT molecular complexity index is 1430. The Morgan fingerprint density at radius 1 is 0.848 bits per heavy atom. The van der Waals surface area contributed by atoms with Crippen LogP contribution in [0.2, 0.25) is 0 Å². The van der Waals surface area contributed by atoms with Gasteiger partial charge in [-0.25, -0.2) is 0 Å². The second kappa shape index (κ2) is 17.7. The van der Waals surface area contributed by atoms with Crippen molar-refractivity contribution >= 4 is 40.4 Å². The summed E-state index contributed by atoms with van der Waals surface area (Å²) in [6.07, 6.45) is 12.9. The van der Waals surface area contributed by atoms with Crippen molar-refractivity contribution in [2.24, 2.45) is 5.73 Å². The maximum Gasteiger partial charge on any atom is 0.220 e. The maximum atomic E-state index is 12.1. The monoisotopic (exact) mass is 622 g/mol. The summed E-state index contributed by atoms with van der Waals surface area (Å²) >= 11 is 0. The molecule has 1 heterocycles. The van der Waals surface area contributed by atoms with Gasteiger partial charge in [0.05, 0.1) is 5.41 Å². The fourth-order valence-corrected chi connectivity index (χ4v) is 6.25. The van der Waals surface area contributed by atoms with E-state index in [4.69, 9.17) is 5.73 Å². The lowest BCUT2D eigenvalue weighted by Gasteiger charge is -2.24. The normalized spacial score (nSPS) is 13.7. The quantitative estimate of drug-likeness (QED) is 0.0925. The minimum absolute atomic E-state index is 0.0941. The third kappa shape index (κ3) is 9.56. The van der Waals surface area contributed by atoms with Crippen molar-refractivity contribution in [2.45, 2.75) is 84.5 Å². The van der Waals surface area contributed by atoms with E-state index in [1.807, 2.05) is 6.07 Å². The SMILES string of the molecule is CCCCN(CCCC)c1ccc(/C=C/C2=[N+](CCCCCC(=O)NCCN)c3ccc(Nc4ccccc4)cc3C2(C)C)cc1. The van der Waals surface area contributed by atoms with Crippen LogP contribution in [0.1, 0.15) is 90.2 Å². The standard InChI is InChI=1S/C40H55N5O/c1-5-7-28-44(29-8-6-2)35-22-18-32(19-23-35)20-25-38-40(3,4)36-31-34(43-33-15-11-9-12-16-33)21-24-37(36)45(38)30-14-10-13-17-39(46)42-27-26-41/h9,11-12,15-16,18-25,31,43H,5-8,10,13-14,17,26-30,41H2,1-4H3/p+1. The molecule has 0 fully saturated rings. The zero-order valence-electron chi connectivity index (χ0n) is 28.7. The van der Waals surface area contributed by atoms with Gasteiger partial charge in [0.25, 0.3) is 0 Å². The number of fused-ring (bicyclic) bond motifs is 1. The molecule has 1 amide bonds. The molecule has 46 heavy (non-hydrogen) atoms. The first-order chi connectivity index (χ1) is 22.4. The molecule has 0 bridgehead atoms. The summed E-state index contributed by atoms with van der Waals surface area (Å²) in [5, 5.41) is 6.47. The predicted molar refractivity (Wildman–Crippen MR) is 197 cm³/mol. The molecule has 1 aliphatic heterocycles. The van der Waals surface area contributed by atoms with Crippen molar-refractivity contribution in [3.63, 3.8) is 0 Å². The first kappa shape index (κ1) is 35.0. The van der Waals surface area contributed by atoms with Gasteiger partial charge in [-0.15, -0.1) is 0 Å². The summed E-state index contributed by atoms with van der Waals surface area (Å²) in [5.41, 5.74) is 14.0. The number of hydrogen-bond donors (Lipinski definition) is 3. The zero-order chi connectivity index (χ0) is 32.8. The molecule has 0 aliphatic carbocycles. The number of hydrogen-bond acceptors (Lipinski definition) is 4. The molecule has 6 heteroatoms. The largest absolute Gasteiger partial charge is 0.372 e. The number of rotatable bonds is 19. The number of allylic oxidation sites excluding steroid dienone is 1. The van der Waals surface area contributed by atoms with E-state index in [-0.39, 0.29) is 11.3 Å². The smallest absolute Gasteiger partial charge is 0.220 e. The molecular formula is C40H56N5O+. The first-order valence-corrected chi connectivity index (χ1v) is 17.5. The average molecular weight is 623 g/mol. The van der Waals surface area contributed by atoms with E-state index in [0.717, 1.165) is 50.3 Å². The van der Waals surface area contributed by atoms with E-state index in [2.05, 4.69) is 127 Å². The van der Waals surface area contributed by atoms with Gasteiger partial charge < -0.3 is 21.3 Å². The molecule has 3 aromatic carbocycles. The summed E-state index contributed by atoms with van der Waals surface area (Å²) < 4.78 is 2.50. The summed E-state index contributed by atoms with van der Waals surface area (Å²) in [5.74, 6) is 0.0941. The fourth-order valence-electron chi connectivity index (χ4n) is 6.25. The van der Waals surface area contributed by atoms with Crippen LogP contribution in [-0.4, -0.2) is 48.9 Å². The number of amides is 1. The molecule has 0 saturated heterocycles. The Labute approximate surface area is 277 Å². The van der Waals surface area contributed by atoms with Gasteiger partial charge >= 0.3 is 0 Å². The highest BCUT2D eigenvalue weighted by atomic mass is 16.1. The summed E-state index contributed by atoms with van der Waals surface area (Å²) in [6, 6.07) is 26.2. The Hall–Kier alpha value is -3.90. The van der Waals surface area contributed by atoms with Crippen LogP contribution < -0.4 is 21.3 Å². The molecule has 4 N–H and O–H groups in total. The van der Waals surface area contributed by atoms with E-state index in [9.17, 15) is 4.79 Å². The van der Waals surface area contributed by atoms with Crippen molar-refractivity contribution < 1.29 is 9.37 Å². The highest BCUT2D eigenvalue weighted by Gasteiger charge is 2.44. The van der Waals surface area contributed by atoms with E-state index >= 15 is 0 Å². The lowest BCUT2D eigenvalue weighted by molar-refractivity contribution is -0.438. The molecule has 4 rings (SSSR count). The zero-order valence-corrected chi connectivity index (χ0v) is 28.7. The number of carbonyl (C=O) groups is 1. The van der Waals surface area contributed by atoms with Crippen LogP contribution in [-0.2, 0) is 10.2 Å². The van der Waals surface area contributed by atoms with Gasteiger partial charge in [0.1, 0.15) is 6.54 Å². The van der Waals surface area contributed by atoms with Crippen LogP contribution in [0.25, 0.3) is 6.08 Å². The topological polar surface area (TPSA) is 73.4 Å². The summed E-state index contributed by atoms with van der Waals surface area (Å²) in [6.45, 7) is 13.4. The van der Waals surface area contributed by atoms with Gasteiger partial charge in [-0.3, -0.25) is 4.79 Å². The van der Waals surface area contributed by atoms with Crippen LogP contribution in [0.3, 0.4) is 0 Å². The summed E-state index contributed by atoms with van der Waals surface area (Å²) in [4.78, 5) is 14.6. The molecule has 0 radical (unpaired) electrons. The van der Waals surface area contributed by atoms with Crippen LogP contribution in [0.5, 0.6) is 0 Å². The van der Waals surface area contributed by atoms with Crippen molar-refractivity contribution in [3.8, 4) is 0 Å². The van der Waals surface area contributed by atoms with Crippen LogP contribution in [0, 0.1) is 0 Å². The van der Waals surface area contributed by atoms with Crippen LogP contribution in [0.15, 0.2) is 78.9 Å². The van der Waals surface area contributed by atoms with Gasteiger partial charge in [0, 0.05) is 73.8 Å². The molecular weight excluding hydrogens is 566 g/mol. The second-order valence-corrected chi connectivity index (χ2v) is 13.0. The van der Waals surface area contributed by atoms with Crippen LogP contribution >= 0.6 is 0 Å². The van der Waals surface area contributed by atoms with Gasteiger partial charge in [-0.05, 0) is 87.6 Å². The maximum absolute atomic E-state index is 12.1. The minimum Gasteiger partial charge on any atom is -0.372 e. The highest BCUT2D eigenvalue weighted by Crippen LogP contribution is 2.42. The van der Waals surface area contributed by atoms with E-state index in [1.54, 1.807) is 0 Å². The number of benzene rings is 3. The number of nitrogens with two attached hydrogens (primary N) is 1. The van der Waals surface area contributed by atoms with E-state index < -0.39 is 0 Å². The predicted octanol–water partition coefficient (Wildman–Crippen LogP) is 8.56. The van der Waals surface area contributed by atoms with Crippen molar-refractivity contribution in [1.29, 1.82) is 0 Å². The Kier molecular flexibility index (Phi) is 13.5.